The van der Waals surface area contributed by atoms with Crippen LogP contribution in [-0.2, 0) is 4.79 Å². The average molecular weight is 513 g/mol. The van der Waals surface area contributed by atoms with Gasteiger partial charge < -0.3 is 16.0 Å². The molecule has 8 nitrogen and oxygen atoms in total. The molecule has 0 aliphatic rings. The molecule has 0 saturated carbocycles. The van der Waals surface area contributed by atoms with Crippen molar-refractivity contribution in [3.8, 4) is 0 Å². The van der Waals surface area contributed by atoms with Gasteiger partial charge in [0.15, 0.2) is 0 Å². The smallest absolute Gasteiger partial charge is 0.323 e. The number of nitrogens with zero attached hydrogens (tertiary/aromatic N) is 1. The number of aryl methyl sites for hydroxylation is 1. The molecule has 0 aliphatic heterocycles. The number of nitrogens with one attached hydrogen (secondary N) is 3. The lowest BCUT2D eigenvalue weighted by atomic mass is 10.1. The van der Waals surface area contributed by atoms with Crippen molar-refractivity contribution in [2.24, 2.45) is 0 Å². The maximum Gasteiger partial charge on any atom is 0.323 e. The maximum absolute atomic E-state index is 13.4. The zero-order chi connectivity index (χ0) is 26.2. The Kier molecular flexibility index (Phi) is 8.17. The molecule has 1 unspecified atom stereocenters. The number of hydrogen-bond donors (Lipinski definition) is 3. The number of nitro groups is 1. The quantitative estimate of drug-likeness (QED) is 0.133. The third kappa shape index (κ3) is 6.96. The van der Waals surface area contributed by atoms with Gasteiger partial charge >= 0.3 is 6.03 Å². The number of anilines is 3. The van der Waals surface area contributed by atoms with E-state index in [1.807, 2.05) is 60.7 Å². The summed E-state index contributed by atoms with van der Waals surface area (Å²) in [5.74, 6) is -0.302. The van der Waals surface area contributed by atoms with Crippen LogP contribution in [0.5, 0.6) is 0 Å². The van der Waals surface area contributed by atoms with Crippen LogP contribution < -0.4 is 16.0 Å². The highest BCUT2D eigenvalue weighted by atomic mass is 32.2. The monoisotopic (exact) mass is 512 g/mol. The highest BCUT2D eigenvalue weighted by Crippen LogP contribution is 2.37. The average Bonchev–Trinajstić information content (AvgIpc) is 2.90. The van der Waals surface area contributed by atoms with E-state index in [1.54, 1.807) is 37.3 Å². The van der Waals surface area contributed by atoms with E-state index < -0.39 is 10.2 Å². The third-order valence-electron chi connectivity index (χ3n) is 5.43. The van der Waals surface area contributed by atoms with Crippen LogP contribution in [0.3, 0.4) is 0 Å². The number of carbonyl (C=O) groups is 2. The van der Waals surface area contributed by atoms with Crippen molar-refractivity contribution in [1.82, 2.24) is 0 Å². The highest BCUT2D eigenvalue weighted by Gasteiger charge is 2.23. The number of amides is 3. The molecule has 3 amide bonds. The first-order valence-electron chi connectivity index (χ1n) is 11.4. The maximum atomic E-state index is 13.4. The van der Waals surface area contributed by atoms with E-state index in [0.29, 0.717) is 17.1 Å². The van der Waals surface area contributed by atoms with Gasteiger partial charge in [-0.3, -0.25) is 14.9 Å². The van der Waals surface area contributed by atoms with Crippen LogP contribution in [0.25, 0.3) is 0 Å². The second-order valence-corrected chi connectivity index (χ2v) is 9.30. The summed E-state index contributed by atoms with van der Waals surface area (Å²) >= 11 is 1.34. The fourth-order valence-electron chi connectivity index (χ4n) is 3.53. The SMILES string of the molecule is Cc1ccc([N+](=O)[O-])cc1NC(=O)C(Sc1ccc(NC(=O)Nc2ccccc2)cc1)c1ccccc1. The van der Waals surface area contributed by atoms with Gasteiger partial charge in [0.05, 0.1) is 10.6 Å². The van der Waals surface area contributed by atoms with Crippen LogP contribution in [-0.4, -0.2) is 16.9 Å². The lowest BCUT2D eigenvalue weighted by molar-refractivity contribution is -0.384. The molecule has 4 rings (SSSR count). The fourth-order valence-corrected chi connectivity index (χ4v) is 4.55. The zero-order valence-electron chi connectivity index (χ0n) is 19.9. The van der Waals surface area contributed by atoms with Gasteiger partial charge in [0.1, 0.15) is 5.25 Å². The minimum absolute atomic E-state index is 0.0933. The number of rotatable bonds is 8. The Morgan fingerprint density at radius 1 is 0.784 bits per heavy atom. The van der Waals surface area contributed by atoms with E-state index in [2.05, 4.69) is 16.0 Å². The van der Waals surface area contributed by atoms with Gasteiger partial charge in [-0.2, -0.15) is 0 Å². The molecule has 3 N–H and O–H groups in total. The number of urea groups is 1. The Hall–Kier alpha value is -4.63. The Labute approximate surface area is 218 Å². The van der Waals surface area contributed by atoms with Crippen molar-refractivity contribution < 1.29 is 14.5 Å². The minimum Gasteiger partial charge on any atom is -0.324 e. The second-order valence-electron chi connectivity index (χ2n) is 8.12. The molecule has 0 fully saturated rings. The number of nitro benzene ring substituents is 1. The molecular weight excluding hydrogens is 488 g/mol. The molecule has 4 aromatic carbocycles. The Bertz CT molecular complexity index is 1400. The van der Waals surface area contributed by atoms with Crippen LogP contribution >= 0.6 is 11.8 Å². The van der Waals surface area contributed by atoms with Gasteiger partial charge in [0, 0.05) is 28.4 Å². The van der Waals surface area contributed by atoms with E-state index in [0.717, 1.165) is 16.0 Å². The van der Waals surface area contributed by atoms with Crippen molar-refractivity contribution in [1.29, 1.82) is 0 Å². The molecule has 9 heteroatoms. The lowest BCUT2D eigenvalue weighted by Crippen LogP contribution is -2.20. The van der Waals surface area contributed by atoms with Crippen molar-refractivity contribution >= 4 is 46.4 Å². The van der Waals surface area contributed by atoms with Crippen LogP contribution in [0.2, 0.25) is 0 Å². The summed E-state index contributed by atoms with van der Waals surface area (Å²) in [6, 6.07) is 29.6. The van der Waals surface area contributed by atoms with Gasteiger partial charge in [0.2, 0.25) is 5.91 Å². The largest absolute Gasteiger partial charge is 0.324 e. The number of hydrogen-bond acceptors (Lipinski definition) is 5. The zero-order valence-corrected chi connectivity index (χ0v) is 20.7. The van der Waals surface area contributed by atoms with Crippen molar-refractivity contribution in [3.63, 3.8) is 0 Å². The van der Waals surface area contributed by atoms with E-state index in [9.17, 15) is 19.7 Å². The predicted molar refractivity (Wildman–Crippen MR) is 147 cm³/mol. The van der Waals surface area contributed by atoms with Crippen LogP contribution in [0.15, 0.2) is 108 Å². The third-order valence-corrected chi connectivity index (χ3v) is 6.69. The van der Waals surface area contributed by atoms with E-state index >= 15 is 0 Å². The lowest BCUT2D eigenvalue weighted by Gasteiger charge is -2.18. The van der Waals surface area contributed by atoms with Crippen molar-refractivity contribution in [3.05, 3.63) is 124 Å². The summed E-state index contributed by atoms with van der Waals surface area (Å²) in [5, 5.41) is 19.0. The van der Waals surface area contributed by atoms with Gasteiger partial charge in [-0.1, -0.05) is 54.6 Å². The highest BCUT2D eigenvalue weighted by molar-refractivity contribution is 8.00. The van der Waals surface area contributed by atoms with Gasteiger partial charge in [0.25, 0.3) is 5.69 Å². The molecule has 4 aromatic rings. The van der Waals surface area contributed by atoms with Crippen molar-refractivity contribution in [2.75, 3.05) is 16.0 Å². The molecule has 0 bridgehead atoms. The van der Waals surface area contributed by atoms with Crippen molar-refractivity contribution in [2.45, 2.75) is 17.1 Å². The Morgan fingerprint density at radius 2 is 1.38 bits per heavy atom. The molecule has 0 radical (unpaired) electrons. The van der Waals surface area contributed by atoms with Gasteiger partial charge in [-0.15, -0.1) is 11.8 Å². The molecule has 186 valence electrons. The molecule has 0 saturated heterocycles. The number of para-hydroxylation sites is 1. The van der Waals surface area contributed by atoms with Crippen LogP contribution in [0.1, 0.15) is 16.4 Å². The first kappa shape index (κ1) is 25.5. The summed E-state index contributed by atoms with van der Waals surface area (Å²) < 4.78 is 0. The predicted octanol–water partition coefficient (Wildman–Crippen LogP) is 7.02. The molecule has 37 heavy (non-hydrogen) atoms. The molecule has 0 aliphatic carbocycles. The molecule has 1 atom stereocenters. The fraction of sp³-hybridized carbons (Fsp3) is 0.0714. The summed E-state index contributed by atoms with van der Waals surface area (Å²) in [7, 11) is 0. The van der Waals surface area contributed by atoms with Crippen LogP contribution in [0.4, 0.5) is 27.5 Å². The number of carbonyl (C=O) groups excluding carboxylic acids is 2. The second kappa shape index (κ2) is 11.9. The molecule has 0 spiro atoms. The number of thioether (sulfide) groups is 1. The molecule has 0 aromatic heterocycles. The van der Waals surface area contributed by atoms with Gasteiger partial charge in [-0.25, -0.2) is 4.79 Å². The minimum atomic E-state index is -0.611. The Morgan fingerprint density at radius 3 is 2.00 bits per heavy atom. The first-order chi connectivity index (χ1) is 17.9. The van der Waals surface area contributed by atoms with Crippen LogP contribution in [0, 0.1) is 17.0 Å². The molecule has 0 heterocycles. The Balaban J connectivity index is 1.48. The topological polar surface area (TPSA) is 113 Å². The number of non-ortho nitro benzene ring substituents is 1. The van der Waals surface area contributed by atoms with Gasteiger partial charge in [-0.05, 0) is 54.4 Å². The summed E-state index contributed by atoms with van der Waals surface area (Å²) in [6.45, 7) is 1.78. The summed E-state index contributed by atoms with van der Waals surface area (Å²) in [4.78, 5) is 37.1. The summed E-state index contributed by atoms with van der Waals surface area (Å²) in [5.41, 5.74) is 3.10. The van der Waals surface area contributed by atoms with E-state index in [1.165, 1.54) is 23.9 Å². The number of benzene rings is 4. The van der Waals surface area contributed by atoms with E-state index in [4.69, 9.17) is 0 Å². The first-order valence-corrected chi connectivity index (χ1v) is 12.3. The van der Waals surface area contributed by atoms with E-state index in [-0.39, 0.29) is 17.6 Å². The normalized spacial score (nSPS) is 11.3. The summed E-state index contributed by atoms with van der Waals surface area (Å²) in [6.07, 6.45) is 0. The molecular formula is C28H24N4O4S. The standard InChI is InChI=1S/C28H24N4O4S/c1-19-12-15-23(32(35)36)18-25(19)31-27(33)26(20-8-4-2-5-9-20)37-24-16-13-22(14-17-24)30-28(34)29-21-10-6-3-7-11-21/h2-18,26H,1H3,(H,31,33)(H2,29,30,34).